The number of aromatic nitrogens is 5. The molecule has 0 bridgehead atoms. The molecule has 0 radical (unpaired) electrons. The fourth-order valence-corrected chi connectivity index (χ4v) is 6.53. The highest BCUT2D eigenvalue weighted by atomic mass is 35.5. The number of piperazine rings is 1. The molecule has 15 nitrogen and oxygen atoms in total. The average Bonchev–Trinajstić information content (AvgIpc) is 3.74. The second-order valence-corrected chi connectivity index (χ2v) is 15.1. The van der Waals surface area contributed by atoms with Crippen LogP contribution in [0.4, 0.5) is 29.7 Å². The Kier molecular flexibility index (Phi) is 12.1. The molecule has 2 aromatic carbocycles. The van der Waals surface area contributed by atoms with E-state index >= 15 is 8.78 Å². The van der Waals surface area contributed by atoms with Crippen LogP contribution in [-0.4, -0.2) is 96.4 Å². The maximum absolute atomic E-state index is 15.7. The molecule has 1 saturated heterocycles. The molecular formula is C40H43ClF2N10O5. The summed E-state index contributed by atoms with van der Waals surface area (Å²) < 4.78 is 39.7. The molecule has 0 spiro atoms. The van der Waals surface area contributed by atoms with Gasteiger partial charge in [0.05, 0.1) is 46.6 Å². The van der Waals surface area contributed by atoms with Crippen molar-refractivity contribution in [3.8, 4) is 22.4 Å². The zero-order valence-electron chi connectivity index (χ0n) is 32.8. The molecule has 0 aliphatic carbocycles. The van der Waals surface area contributed by atoms with Gasteiger partial charge in [-0.2, -0.15) is 5.10 Å². The number of benzene rings is 2. The van der Waals surface area contributed by atoms with Gasteiger partial charge in [0.25, 0.3) is 11.8 Å². The van der Waals surface area contributed by atoms with E-state index in [1.54, 1.807) is 62.0 Å². The van der Waals surface area contributed by atoms with Crippen LogP contribution in [0.1, 0.15) is 53.1 Å². The van der Waals surface area contributed by atoms with Crippen molar-refractivity contribution in [3.05, 3.63) is 100 Å². The Bertz CT molecular complexity index is 2370. The van der Waals surface area contributed by atoms with Crippen LogP contribution in [0.15, 0.2) is 61.1 Å². The van der Waals surface area contributed by atoms with E-state index in [0.717, 1.165) is 5.69 Å². The number of urea groups is 1. The van der Waals surface area contributed by atoms with Crippen molar-refractivity contribution in [1.29, 1.82) is 0 Å². The summed E-state index contributed by atoms with van der Waals surface area (Å²) in [5, 5.41) is 12.6. The first-order valence-corrected chi connectivity index (χ1v) is 18.8. The lowest BCUT2D eigenvalue weighted by Crippen LogP contribution is -2.51. The summed E-state index contributed by atoms with van der Waals surface area (Å²) >= 11 is 6.50. The second-order valence-electron chi connectivity index (χ2n) is 14.7. The Morgan fingerprint density at radius 3 is 2.19 bits per heavy atom. The molecule has 5 aromatic rings. The Balaban J connectivity index is 1.07. The number of carbonyl (C=O) groups excluding carboxylic acids is 4. The zero-order valence-corrected chi connectivity index (χ0v) is 33.6. The summed E-state index contributed by atoms with van der Waals surface area (Å²) in [6.45, 7) is 10.6. The van der Waals surface area contributed by atoms with Crippen LogP contribution in [-0.2, 0) is 18.3 Å². The molecule has 3 N–H and O–H groups in total. The molecule has 0 atom stereocenters. The smallest absolute Gasteiger partial charge is 0.410 e. The van der Waals surface area contributed by atoms with E-state index in [-0.39, 0.29) is 57.9 Å². The van der Waals surface area contributed by atoms with Gasteiger partial charge in [-0.1, -0.05) is 17.7 Å². The van der Waals surface area contributed by atoms with Gasteiger partial charge in [-0.25, -0.2) is 23.4 Å². The first-order valence-electron chi connectivity index (χ1n) is 18.4. The molecule has 0 saturated carbocycles. The van der Waals surface area contributed by atoms with Crippen LogP contribution >= 0.6 is 11.6 Å². The minimum Gasteiger partial charge on any atom is -0.444 e. The third-order valence-electron chi connectivity index (χ3n) is 9.26. The van der Waals surface area contributed by atoms with E-state index < -0.39 is 35.3 Å². The minimum atomic E-state index is -1.14. The van der Waals surface area contributed by atoms with Gasteiger partial charge in [0.2, 0.25) is 0 Å². The summed E-state index contributed by atoms with van der Waals surface area (Å²) in [5.74, 6) is -3.31. The molecule has 5 amide bonds. The highest BCUT2D eigenvalue weighted by molar-refractivity contribution is 6.34. The van der Waals surface area contributed by atoms with Crippen molar-refractivity contribution in [2.45, 2.75) is 46.8 Å². The Morgan fingerprint density at radius 2 is 1.52 bits per heavy atom. The molecule has 1 aliphatic heterocycles. The number of hydrogen-bond acceptors (Lipinski definition) is 8. The third-order valence-corrected chi connectivity index (χ3v) is 9.57. The molecule has 1 aliphatic rings. The number of halogens is 3. The molecule has 304 valence electrons. The predicted octanol–water partition coefficient (Wildman–Crippen LogP) is 6.66. The number of pyridine rings is 1. The summed E-state index contributed by atoms with van der Waals surface area (Å²) in [6.07, 6.45) is 3.96. The van der Waals surface area contributed by atoms with Crippen LogP contribution in [0.2, 0.25) is 5.02 Å². The molecule has 3 aromatic heterocycles. The average molecular weight is 817 g/mol. The van der Waals surface area contributed by atoms with Gasteiger partial charge in [-0.05, 0) is 71.0 Å². The molecule has 58 heavy (non-hydrogen) atoms. The van der Waals surface area contributed by atoms with Crippen LogP contribution in [0.3, 0.4) is 0 Å². The summed E-state index contributed by atoms with van der Waals surface area (Å²) in [5.41, 5.74) is 2.09. The van der Waals surface area contributed by atoms with Gasteiger partial charge in [0.15, 0.2) is 17.5 Å². The van der Waals surface area contributed by atoms with Gasteiger partial charge in [-0.15, -0.1) is 0 Å². The van der Waals surface area contributed by atoms with Gasteiger partial charge in [-0.3, -0.25) is 19.3 Å². The first kappa shape index (κ1) is 41.3. The number of hydrogen-bond donors (Lipinski definition) is 3. The Labute approximate surface area is 338 Å². The van der Waals surface area contributed by atoms with E-state index in [1.165, 1.54) is 52.8 Å². The predicted molar refractivity (Wildman–Crippen MR) is 214 cm³/mol. The van der Waals surface area contributed by atoms with Crippen molar-refractivity contribution in [1.82, 2.24) is 39.4 Å². The van der Waals surface area contributed by atoms with E-state index in [9.17, 15) is 19.2 Å². The lowest BCUT2D eigenvalue weighted by molar-refractivity contribution is 0.0141. The number of anilines is 2. The standard InChI is InChI=1S/C40H43ClF2N10O5/c1-23-7-8-26(20-45-23)48-38(56)44-13-14-53-22-30(24(2)49-53)27-11-12-29(34(43)33(27)42)32-21-46-35(50(32)6)36(54)47-25-9-10-28(31(41)19-25)37(55)51-15-17-52(18-16-51)39(57)58-40(3,4)5/h7-12,19-22H,13-18H2,1-6H3,(H,47,54)(H2,44,48,56). The van der Waals surface area contributed by atoms with Crippen molar-refractivity contribution in [2.24, 2.45) is 7.05 Å². The number of ether oxygens (including phenoxy) is 1. The minimum absolute atomic E-state index is 0.00965. The summed E-state index contributed by atoms with van der Waals surface area (Å²) in [6, 6.07) is 10.4. The highest BCUT2D eigenvalue weighted by Gasteiger charge is 2.29. The van der Waals surface area contributed by atoms with E-state index in [4.69, 9.17) is 16.3 Å². The van der Waals surface area contributed by atoms with Crippen LogP contribution in [0, 0.1) is 25.5 Å². The van der Waals surface area contributed by atoms with Crippen molar-refractivity contribution < 1.29 is 32.7 Å². The maximum atomic E-state index is 15.7. The monoisotopic (exact) mass is 816 g/mol. The zero-order chi connectivity index (χ0) is 41.9. The van der Waals surface area contributed by atoms with Crippen molar-refractivity contribution in [2.75, 3.05) is 43.4 Å². The SMILES string of the molecule is Cc1ccc(NC(=O)NCCn2cc(-c3ccc(-c4cnc(C(=O)Nc5ccc(C(=O)N6CCN(C(=O)OC(C)(C)C)CC6)c(Cl)c5)n4C)c(F)c3F)c(C)n2)cn1. The second kappa shape index (κ2) is 17.0. The molecule has 0 unspecified atom stereocenters. The topological polar surface area (TPSA) is 169 Å². The summed E-state index contributed by atoms with van der Waals surface area (Å²) in [7, 11) is 1.50. The van der Waals surface area contributed by atoms with Crippen molar-refractivity contribution in [3.63, 3.8) is 0 Å². The van der Waals surface area contributed by atoms with Gasteiger partial charge < -0.3 is 35.1 Å². The molecule has 1 fully saturated rings. The first-order chi connectivity index (χ1) is 27.5. The third kappa shape index (κ3) is 9.42. The van der Waals surface area contributed by atoms with Crippen LogP contribution in [0.5, 0.6) is 0 Å². The normalized spacial score (nSPS) is 13.0. The maximum Gasteiger partial charge on any atom is 0.410 e. The molecule has 6 rings (SSSR count). The Hall–Kier alpha value is -6.36. The van der Waals surface area contributed by atoms with E-state index in [1.807, 2.05) is 6.92 Å². The quantitative estimate of drug-likeness (QED) is 0.148. The molecule has 4 heterocycles. The van der Waals surface area contributed by atoms with E-state index in [0.29, 0.717) is 43.1 Å². The largest absolute Gasteiger partial charge is 0.444 e. The number of nitrogens with zero attached hydrogens (tertiary/aromatic N) is 7. The lowest BCUT2D eigenvalue weighted by Gasteiger charge is -2.35. The number of carbonyl (C=O) groups is 4. The van der Waals surface area contributed by atoms with Gasteiger partial charge in [0.1, 0.15) is 5.60 Å². The highest BCUT2D eigenvalue weighted by Crippen LogP contribution is 2.33. The number of nitrogens with one attached hydrogen (secondary N) is 3. The van der Waals surface area contributed by atoms with Gasteiger partial charge >= 0.3 is 12.1 Å². The number of rotatable bonds is 9. The fourth-order valence-electron chi connectivity index (χ4n) is 6.27. The van der Waals surface area contributed by atoms with Crippen molar-refractivity contribution >= 4 is 46.9 Å². The molecule has 18 heteroatoms. The number of aryl methyl sites for hydroxylation is 2. The fraction of sp³-hybridized carbons (Fsp3) is 0.325. The number of imidazole rings is 1. The number of amides is 5. The Morgan fingerprint density at radius 1 is 0.845 bits per heavy atom. The van der Waals surface area contributed by atoms with Gasteiger partial charge in [0, 0.05) is 74.0 Å². The lowest BCUT2D eigenvalue weighted by atomic mass is 10.0. The summed E-state index contributed by atoms with van der Waals surface area (Å²) in [4.78, 5) is 62.7. The molecular weight excluding hydrogens is 774 g/mol. The van der Waals surface area contributed by atoms with E-state index in [2.05, 4.69) is 31.0 Å². The van der Waals surface area contributed by atoms with Crippen LogP contribution < -0.4 is 16.0 Å². The van der Waals surface area contributed by atoms with Crippen LogP contribution in [0.25, 0.3) is 22.4 Å².